The molecule has 1 aromatic heterocycles. The predicted molar refractivity (Wildman–Crippen MR) is 120 cm³/mol. The Morgan fingerprint density at radius 1 is 1.16 bits per heavy atom. The van der Waals surface area contributed by atoms with Gasteiger partial charge < -0.3 is 20.3 Å². The molecule has 31 heavy (non-hydrogen) atoms. The van der Waals surface area contributed by atoms with Crippen molar-refractivity contribution in [3.05, 3.63) is 46.8 Å². The first-order valence-electron chi connectivity index (χ1n) is 10.9. The number of fused-ring (bicyclic) bond motifs is 1. The molecule has 1 aromatic carbocycles. The number of carbonyl (C=O) groups is 2. The lowest BCUT2D eigenvalue weighted by Crippen LogP contribution is -2.47. The molecule has 164 valence electrons. The fourth-order valence-electron chi connectivity index (χ4n) is 4.63. The van der Waals surface area contributed by atoms with Crippen LogP contribution in [0.25, 0.3) is 0 Å². The first kappa shape index (κ1) is 21.2. The predicted octanol–water partition coefficient (Wildman–Crippen LogP) is 4.56. The van der Waals surface area contributed by atoms with Gasteiger partial charge in [-0.2, -0.15) is 0 Å². The third-order valence-electron chi connectivity index (χ3n) is 6.60. The average molecular weight is 423 g/mol. The molecule has 7 heteroatoms. The van der Waals surface area contributed by atoms with Gasteiger partial charge in [0.1, 0.15) is 5.75 Å². The van der Waals surface area contributed by atoms with E-state index >= 15 is 0 Å². The van der Waals surface area contributed by atoms with Crippen molar-refractivity contribution in [2.45, 2.75) is 59.0 Å². The number of benzene rings is 1. The normalized spacial score (nSPS) is 20.6. The van der Waals surface area contributed by atoms with E-state index in [2.05, 4.69) is 15.6 Å². The highest BCUT2D eigenvalue weighted by molar-refractivity contribution is 5.94. The van der Waals surface area contributed by atoms with Gasteiger partial charge in [0.05, 0.1) is 25.0 Å². The smallest absolute Gasteiger partial charge is 0.322 e. The van der Waals surface area contributed by atoms with Gasteiger partial charge in [-0.15, -0.1) is 0 Å². The van der Waals surface area contributed by atoms with E-state index in [1.807, 2.05) is 50.1 Å². The molecular formula is C24H30N4O3. The van der Waals surface area contributed by atoms with Crippen molar-refractivity contribution in [1.29, 1.82) is 0 Å². The number of amides is 3. The quantitative estimate of drug-likeness (QED) is 0.757. The number of aryl methyl sites for hydroxylation is 3. The van der Waals surface area contributed by atoms with Crippen LogP contribution in [-0.4, -0.2) is 35.0 Å². The van der Waals surface area contributed by atoms with Crippen molar-refractivity contribution in [1.82, 2.24) is 9.88 Å². The summed E-state index contributed by atoms with van der Waals surface area (Å²) in [4.78, 5) is 31.8. The number of pyridine rings is 1. The van der Waals surface area contributed by atoms with E-state index in [-0.39, 0.29) is 23.9 Å². The maximum Gasteiger partial charge on any atom is 0.322 e. The van der Waals surface area contributed by atoms with Gasteiger partial charge in [-0.1, -0.05) is 6.07 Å². The Hall–Kier alpha value is -3.09. The number of rotatable bonds is 4. The summed E-state index contributed by atoms with van der Waals surface area (Å²) in [6, 6.07) is 5.77. The van der Waals surface area contributed by atoms with Crippen LogP contribution in [-0.2, 0) is 11.3 Å². The number of ether oxygens (including phenoxy) is 1. The van der Waals surface area contributed by atoms with Crippen molar-refractivity contribution in [3.8, 4) is 5.75 Å². The standard InChI is InChI=1S/C24H30N4O3/c1-14-5-8-18(11-21(14)31-4)26-23(29)17-6-9-19(10-7-17)28-13-20-15(2)12-25-16(3)22(20)27-24(28)30/h5,8,11-12,17,19H,6-7,9-10,13H2,1-4H3,(H,26,29)(H,27,30). The zero-order valence-corrected chi connectivity index (χ0v) is 18.6. The van der Waals surface area contributed by atoms with Crippen LogP contribution in [0.15, 0.2) is 24.4 Å². The minimum absolute atomic E-state index is 0.0374. The van der Waals surface area contributed by atoms with Crippen LogP contribution in [0.1, 0.15) is 48.1 Å². The van der Waals surface area contributed by atoms with E-state index in [1.165, 1.54) is 0 Å². The van der Waals surface area contributed by atoms with Crippen molar-refractivity contribution < 1.29 is 14.3 Å². The summed E-state index contributed by atoms with van der Waals surface area (Å²) < 4.78 is 5.35. The Morgan fingerprint density at radius 2 is 1.90 bits per heavy atom. The minimum Gasteiger partial charge on any atom is -0.496 e. The van der Waals surface area contributed by atoms with Crippen molar-refractivity contribution in [2.24, 2.45) is 5.92 Å². The number of nitrogens with zero attached hydrogens (tertiary/aromatic N) is 2. The first-order chi connectivity index (χ1) is 14.9. The number of nitrogens with one attached hydrogen (secondary N) is 2. The highest BCUT2D eigenvalue weighted by atomic mass is 16.5. The van der Waals surface area contributed by atoms with Crippen LogP contribution in [0.2, 0.25) is 0 Å². The first-order valence-corrected chi connectivity index (χ1v) is 10.9. The van der Waals surface area contributed by atoms with E-state index in [4.69, 9.17) is 4.74 Å². The number of anilines is 2. The van der Waals surface area contributed by atoms with Crippen molar-refractivity contribution >= 4 is 23.3 Å². The second-order valence-corrected chi connectivity index (χ2v) is 8.62. The monoisotopic (exact) mass is 422 g/mol. The number of hydrogen-bond donors (Lipinski definition) is 2. The average Bonchev–Trinajstić information content (AvgIpc) is 2.77. The number of methoxy groups -OCH3 is 1. The van der Waals surface area contributed by atoms with Crippen LogP contribution in [0.4, 0.5) is 16.2 Å². The Labute approximate surface area is 183 Å². The Bertz CT molecular complexity index is 1010. The molecule has 1 aliphatic heterocycles. The molecule has 0 atom stereocenters. The van der Waals surface area contributed by atoms with Gasteiger partial charge in [-0.25, -0.2) is 4.79 Å². The molecule has 0 spiro atoms. The molecule has 0 radical (unpaired) electrons. The topological polar surface area (TPSA) is 83.6 Å². The third-order valence-corrected chi connectivity index (χ3v) is 6.60. The number of aromatic nitrogens is 1. The largest absolute Gasteiger partial charge is 0.496 e. The Kier molecular flexibility index (Phi) is 5.85. The molecule has 0 saturated heterocycles. The summed E-state index contributed by atoms with van der Waals surface area (Å²) in [6.07, 6.45) is 5.04. The van der Waals surface area contributed by atoms with Gasteiger partial charge in [-0.05, 0) is 63.6 Å². The van der Waals surface area contributed by atoms with Gasteiger partial charge in [-0.3, -0.25) is 9.78 Å². The van der Waals surface area contributed by atoms with Gasteiger partial charge in [0.2, 0.25) is 5.91 Å². The summed E-state index contributed by atoms with van der Waals surface area (Å²) in [5.41, 5.74) is 5.71. The summed E-state index contributed by atoms with van der Waals surface area (Å²) in [6.45, 7) is 6.52. The second-order valence-electron chi connectivity index (χ2n) is 8.62. The molecule has 2 N–H and O–H groups in total. The zero-order chi connectivity index (χ0) is 22.1. The maximum atomic E-state index is 12.8. The molecule has 0 bridgehead atoms. The second kappa shape index (κ2) is 8.57. The third kappa shape index (κ3) is 4.22. The molecule has 2 aromatic rings. The highest BCUT2D eigenvalue weighted by Gasteiger charge is 2.35. The fourth-order valence-corrected chi connectivity index (χ4v) is 4.63. The molecule has 2 aliphatic rings. The molecule has 7 nitrogen and oxygen atoms in total. The van der Waals surface area contributed by atoms with Crippen molar-refractivity contribution in [3.63, 3.8) is 0 Å². The van der Waals surface area contributed by atoms with Gasteiger partial charge >= 0.3 is 6.03 Å². The van der Waals surface area contributed by atoms with Crippen molar-refractivity contribution in [2.75, 3.05) is 17.7 Å². The molecule has 4 rings (SSSR count). The fraction of sp³-hybridized carbons (Fsp3) is 0.458. The van der Waals surface area contributed by atoms with Gasteiger partial charge in [0, 0.05) is 35.5 Å². The van der Waals surface area contributed by atoms with Crippen LogP contribution < -0.4 is 15.4 Å². The lowest BCUT2D eigenvalue weighted by molar-refractivity contribution is -0.121. The molecule has 1 fully saturated rings. The van der Waals surface area contributed by atoms with Crippen LogP contribution >= 0.6 is 0 Å². The van der Waals surface area contributed by atoms with Gasteiger partial charge in [0.25, 0.3) is 0 Å². The number of hydrogen-bond acceptors (Lipinski definition) is 4. The van der Waals surface area contributed by atoms with E-state index < -0.39 is 0 Å². The van der Waals surface area contributed by atoms with Crippen LogP contribution in [0, 0.1) is 26.7 Å². The van der Waals surface area contributed by atoms with E-state index in [0.717, 1.165) is 65.2 Å². The maximum absolute atomic E-state index is 12.8. The molecule has 0 unspecified atom stereocenters. The molecule has 1 aliphatic carbocycles. The molecular weight excluding hydrogens is 392 g/mol. The van der Waals surface area contributed by atoms with E-state index in [0.29, 0.717) is 6.54 Å². The SMILES string of the molecule is COc1cc(NC(=O)C2CCC(N3Cc4c(C)cnc(C)c4NC3=O)CC2)ccc1C. The lowest BCUT2D eigenvalue weighted by atomic mass is 9.84. The zero-order valence-electron chi connectivity index (χ0n) is 18.6. The van der Waals surface area contributed by atoms with E-state index in [9.17, 15) is 9.59 Å². The number of urea groups is 1. The van der Waals surface area contributed by atoms with Gasteiger partial charge in [0.15, 0.2) is 0 Å². The summed E-state index contributed by atoms with van der Waals surface area (Å²) in [7, 11) is 1.63. The minimum atomic E-state index is -0.0670. The summed E-state index contributed by atoms with van der Waals surface area (Å²) >= 11 is 0. The molecule has 3 amide bonds. The van der Waals surface area contributed by atoms with E-state index in [1.54, 1.807) is 7.11 Å². The highest BCUT2D eigenvalue weighted by Crippen LogP contribution is 2.34. The van der Waals surface area contributed by atoms with Crippen LogP contribution in [0.3, 0.4) is 0 Å². The lowest BCUT2D eigenvalue weighted by Gasteiger charge is -2.39. The van der Waals surface area contributed by atoms with Crippen LogP contribution in [0.5, 0.6) is 5.75 Å². The summed E-state index contributed by atoms with van der Waals surface area (Å²) in [5.74, 6) is 0.755. The number of carbonyl (C=O) groups excluding carboxylic acids is 2. The Morgan fingerprint density at radius 3 is 2.61 bits per heavy atom. The Balaban J connectivity index is 1.38. The molecule has 1 saturated carbocycles. The summed E-state index contributed by atoms with van der Waals surface area (Å²) in [5, 5.41) is 6.06. The molecule has 2 heterocycles.